The molecule has 35 heavy (non-hydrogen) atoms. The van der Waals surface area contributed by atoms with E-state index in [1.54, 1.807) is 42.5 Å². The zero-order valence-corrected chi connectivity index (χ0v) is 21.1. The highest BCUT2D eigenvalue weighted by Crippen LogP contribution is 2.35. The first-order valence-corrected chi connectivity index (χ1v) is 13.0. The number of fused-ring (bicyclic) bond motifs is 1. The van der Waals surface area contributed by atoms with Crippen LogP contribution in [0.1, 0.15) is 38.7 Å². The largest absolute Gasteiger partial charge is 0.381 e. The highest BCUT2D eigenvalue weighted by Gasteiger charge is 2.31. The number of hydrogen-bond acceptors (Lipinski definition) is 10. The van der Waals surface area contributed by atoms with Crippen LogP contribution in [0.25, 0.3) is 21.5 Å². The van der Waals surface area contributed by atoms with Crippen molar-refractivity contribution in [1.82, 2.24) is 29.7 Å². The predicted octanol–water partition coefficient (Wildman–Crippen LogP) is 2.14. The monoisotopic (exact) mass is 496 g/mol. The second-order valence-electron chi connectivity index (χ2n) is 9.82. The van der Waals surface area contributed by atoms with Gasteiger partial charge in [-0.25, -0.2) is 19.9 Å². The van der Waals surface area contributed by atoms with E-state index in [2.05, 4.69) is 25.1 Å². The minimum Gasteiger partial charge on any atom is -0.381 e. The quantitative estimate of drug-likeness (QED) is 0.546. The fourth-order valence-electron chi connectivity index (χ4n) is 4.69. The molecule has 0 saturated carbocycles. The summed E-state index contributed by atoms with van der Waals surface area (Å²) in [5.74, 6) is 0.779. The molecule has 3 N–H and O–H groups in total. The topological polar surface area (TPSA) is 125 Å². The molecular weight excluding hydrogens is 464 g/mol. The summed E-state index contributed by atoms with van der Waals surface area (Å²) in [5, 5.41) is 12.2. The average molecular weight is 497 g/mol. The van der Waals surface area contributed by atoms with Gasteiger partial charge in [-0.15, -0.1) is 11.3 Å². The number of amides is 1. The van der Waals surface area contributed by atoms with Crippen LogP contribution in [0.4, 0.5) is 11.9 Å². The highest BCUT2D eigenvalue weighted by molar-refractivity contribution is 7.17. The maximum absolute atomic E-state index is 12.4. The van der Waals surface area contributed by atoms with E-state index in [0.29, 0.717) is 13.1 Å². The second-order valence-corrected chi connectivity index (χ2v) is 10.7. The fraction of sp³-hybridized carbons (Fsp3) is 0.542. The summed E-state index contributed by atoms with van der Waals surface area (Å²) in [6.07, 6.45) is 6.98. The van der Waals surface area contributed by atoms with E-state index >= 15 is 0 Å². The van der Waals surface area contributed by atoms with Gasteiger partial charge in [-0.05, 0) is 38.5 Å². The van der Waals surface area contributed by atoms with Gasteiger partial charge in [0, 0.05) is 69.3 Å². The van der Waals surface area contributed by atoms with Crippen molar-refractivity contribution in [2.75, 3.05) is 49.9 Å². The molecule has 0 radical (unpaired) electrons. The van der Waals surface area contributed by atoms with E-state index < -0.39 is 5.60 Å². The molecule has 0 unspecified atom stereocenters. The third kappa shape index (κ3) is 5.07. The number of thiophene rings is 1. The molecule has 3 aromatic rings. The summed E-state index contributed by atoms with van der Waals surface area (Å²) in [6, 6.07) is 0. The van der Waals surface area contributed by atoms with Crippen LogP contribution in [0.3, 0.4) is 0 Å². The van der Waals surface area contributed by atoms with E-state index in [9.17, 15) is 9.90 Å². The van der Waals surface area contributed by atoms with Gasteiger partial charge < -0.3 is 20.6 Å². The number of carbonyl (C=O) groups is 1. The second kappa shape index (κ2) is 9.63. The summed E-state index contributed by atoms with van der Waals surface area (Å²) in [5.41, 5.74) is 8.18. The normalized spacial score (nSPS) is 17.8. The summed E-state index contributed by atoms with van der Waals surface area (Å²) in [4.78, 5) is 37.1. The molecule has 2 aliphatic heterocycles. The highest BCUT2D eigenvalue weighted by atomic mass is 32.1. The lowest BCUT2D eigenvalue weighted by molar-refractivity contribution is -0.149. The lowest BCUT2D eigenvalue weighted by Gasteiger charge is -2.37. The molecule has 1 amide bonds. The number of nitrogen functional groups attached to an aromatic ring is 1. The van der Waals surface area contributed by atoms with Crippen molar-refractivity contribution in [2.45, 2.75) is 45.3 Å². The molecule has 10 nitrogen and oxygen atoms in total. The summed E-state index contributed by atoms with van der Waals surface area (Å²) >= 11 is 1.64. The average Bonchev–Trinajstić information content (AvgIpc) is 3.26. The Balaban J connectivity index is 1.43. The maximum atomic E-state index is 12.4. The Morgan fingerprint density at radius 3 is 2.40 bits per heavy atom. The number of carbonyl (C=O) groups excluding carboxylic acids is 1. The minimum absolute atomic E-state index is 0.215. The Morgan fingerprint density at radius 1 is 1.06 bits per heavy atom. The number of hydrogen-bond donors (Lipinski definition) is 2. The van der Waals surface area contributed by atoms with E-state index in [4.69, 9.17) is 15.7 Å². The van der Waals surface area contributed by atoms with Crippen LogP contribution in [0.2, 0.25) is 0 Å². The van der Waals surface area contributed by atoms with Crippen LogP contribution < -0.4 is 10.6 Å². The lowest BCUT2D eigenvalue weighted by atomic mass is 10.1. The number of nitrogens with two attached hydrogens (primary N) is 1. The van der Waals surface area contributed by atoms with Gasteiger partial charge in [-0.2, -0.15) is 0 Å². The molecule has 5 heterocycles. The van der Waals surface area contributed by atoms with Crippen molar-refractivity contribution in [3.8, 4) is 11.3 Å². The first-order chi connectivity index (χ1) is 16.8. The molecular formula is C24H32N8O2S. The zero-order chi connectivity index (χ0) is 24.6. The predicted molar refractivity (Wildman–Crippen MR) is 137 cm³/mol. The van der Waals surface area contributed by atoms with Gasteiger partial charge in [-0.3, -0.25) is 9.69 Å². The van der Waals surface area contributed by atoms with Crippen molar-refractivity contribution in [3.05, 3.63) is 23.3 Å². The summed E-state index contributed by atoms with van der Waals surface area (Å²) < 4.78 is 1.02. The number of nitrogens with zero attached hydrogens (tertiary/aromatic N) is 7. The van der Waals surface area contributed by atoms with Gasteiger partial charge in [-0.1, -0.05) is 0 Å². The molecule has 186 valence electrons. The number of aromatic nitrogens is 4. The van der Waals surface area contributed by atoms with Gasteiger partial charge >= 0.3 is 0 Å². The van der Waals surface area contributed by atoms with Gasteiger partial charge in [0.25, 0.3) is 5.91 Å². The Labute approximate surface area is 208 Å². The smallest absolute Gasteiger partial charge is 0.254 e. The molecule has 11 heteroatoms. The van der Waals surface area contributed by atoms with Crippen molar-refractivity contribution in [1.29, 1.82) is 0 Å². The summed E-state index contributed by atoms with van der Waals surface area (Å²) in [6.45, 7) is 8.47. The van der Waals surface area contributed by atoms with E-state index in [1.165, 1.54) is 6.42 Å². The molecule has 0 bridgehead atoms. The van der Waals surface area contributed by atoms with Crippen molar-refractivity contribution in [2.24, 2.45) is 0 Å². The van der Waals surface area contributed by atoms with Gasteiger partial charge in [0.2, 0.25) is 11.9 Å². The standard InChI is InChI=1S/C24H32N8O2S/c1-24(2,34)21(33)31-10-8-30(9-11-31)14-17-15-35-20-18(16-12-26-22(25)27-13-16)28-23(29-19(17)20)32-6-4-3-5-7-32/h12-13,15,34H,3-11,14H2,1-2H3,(H2,25,26,27). The van der Waals surface area contributed by atoms with Crippen molar-refractivity contribution in [3.63, 3.8) is 0 Å². The van der Waals surface area contributed by atoms with Crippen LogP contribution in [0.15, 0.2) is 17.8 Å². The Morgan fingerprint density at radius 2 is 1.74 bits per heavy atom. The zero-order valence-electron chi connectivity index (χ0n) is 20.3. The van der Waals surface area contributed by atoms with Gasteiger partial charge in [0.05, 0.1) is 15.9 Å². The number of rotatable bonds is 5. The molecule has 0 aliphatic carbocycles. The number of aliphatic hydroxyl groups is 1. The number of piperazine rings is 1. The van der Waals surface area contributed by atoms with Crippen LogP contribution in [0, 0.1) is 0 Å². The van der Waals surface area contributed by atoms with Crippen molar-refractivity contribution < 1.29 is 9.90 Å². The van der Waals surface area contributed by atoms with Crippen LogP contribution in [0.5, 0.6) is 0 Å². The molecule has 0 spiro atoms. The molecule has 0 aromatic carbocycles. The minimum atomic E-state index is -1.34. The molecule has 0 atom stereocenters. The van der Waals surface area contributed by atoms with Crippen LogP contribution >= 0.6 is 11.3 Å². The molecule has 3 aromatic heterocycles. The number of anilines is 2. The summed E-state index contributed by atoms with van der Waals surface area (Å²) in [7, 11) is 0. The SMILES string of the molecule is CC(C)(O)C(=O)N1CCN(Cc2csc3c(-c4cnc(N)nc4)nc(N4CCCCC4)nc23)CC1. The van der Waals surface area contributed by atoms with Crippen LogP contribution in [-0.4, -0.2) is 85.6 Å². The molecule has 2 aliphatic rings. The van der Waals surface area contributed by atoms with Gasteiger partial charge in [0.1, 0.15) is 5.60 Å². The third-order valence-corrected chi connectivity index (χ3v) is 7.66. The van der Waals surface area contributed by atoms with Crippen LogP contribution in [-0.2, 0) is 11.3 Å². The molecule has 5 rings (SSSR count). The maximum Gasteiger partial charge on any atom is 0.254 e. The Bertz CT molecular complexity index is 1190. The van der Waals surface area contributed by atoms with Crippen molar-refractivity contribution >= 4 is 39.4 Å². The molecule has 2 fully saturated rings. The van der Waals surface area contributed by atoms with E-state index in [-0.39, 0.29) is 11.9 Å². The van der Waals surface area contributed by atoms with Gasteiger partial charge in [0.15, 0.2) is 0 Å². The van der Waals surface area contributed by atoms with E-state index in [1.807, 2.05) is 0 Å². The lowest BCUT2D eigenvalue weighted by Crippen LogP contribution is -2.53. The number of piperidine rings is 1. The molecule has 2 saturated heterocycles. The first kappa shape index (κ1) is 23.8. The fourth-order valence-corrected chi connectivity index (χ4v) is 5.70. The Kier molecular flexibility index (Phi) is 6.56. The van der Waals surface area contributed by atoms with E-state index in [0.717, 1.165) is 78.6 Å². The third-order valence-electron chi connectivity index (χ3n) is 6.64. The Hall–Kier alpha value is -2.89. The first-order valence-electron chi connectivity index (χ1n) is 12.1.